The van der Waals surface area contributed by atoms with E-state index in [9.17, 15) is 4.79 Å². The number of nitrogens with one attached hydrogen (secondary N) is 2. The summed E-state index contributed by atoms with van der Waals surface area (Å²) in [6.07, 6.45) is 2.38. The van der Waals surface area contributed by atoms with Crippen molar-refractivity contribution < 1.29 is 14.3 Å². The summed E-state index contributed by atoms with van der Waals surface area (Å²) < 4.78 is 11.4. The second-order valence-electron chi connectivity index (χ2n) is 5.61. The molecule has 9 heteroatoms. The van der Waals surface area contributed by atoms with E-state index >= 15 is 0 Å². The normalized spacial score (nSPS) is 16.7. The molecule has 2 aromatic rings. The molecule has 0 bridgehead atoms. The number of nitrogens with zero attached hydrogens (tertiary/aromatic N) is 2. The van der Waals surface area contributed by atoms with Crippen LogP contribution < -0.4 is 20.1 Å². The maximum Gasteiger partial charge on any atom is 0.237 e. The van der Waals surface area contributed by atoms with Crippen LogP contribution in [0.4, 0.5) is 10.8 Å². The number of carbonyl (C=O) groups is 1. The molecule has 0 spiro atoms. The molecule has 2 N–H and O–H groups in total. The van der Waals surface area contributed by atoms with Crippen LogP contribution in [0.5, 0.6) is 11.5 Å². The second-order valence-corrected chi connectivity index (χ2v) is 8.17. The third-order valence-electron chi connectivity index (χ3n) is 3.60. The topological polar surface area (TPSA) is 85.4 Å². The first-order chi connectivity index (χ1) is 11.7. The van der Waals surface area contributed by atoms with Gasteiger partial charge in [-0.15, -0.1) is 10.2 Å². The lowest BCUT2D eigenvalue weighted by Gasteiger charge is -2.10. The van der Waals surface area contributed by atoms with Gasteiger partial charge in [-0.25, -0.2) is 0 Å². The molecule has 7 nitrogen and oxygen atoms in total. The Hall–Kier alpha value is -2.00. The summed E-state index contributed by atoms with van der Waals surface area (Å²) in [6.45, 7) is 2.07. The summed E-state index contributed by atoms with van der Waals surface area (Å²) in [7, 11) is 0. The van der Waals surface area contributed by atoms with Crippen LogP contribution in [0.3, 0.4) is 0 Å². The summed E-state index contributed by atoms with van der Waals surface area (Å²) in [5.41, 5.74) is 0.685. The second kappa shape index (κ2) is 6.48. The Morgan fingerprint density at radius 2 is 2.17 bits per heavy atom. The van der Waals surface area contributed by atoms with Gasteiger partial charge in [0.2, 0.25) is 17.8 Å². The van der Waals surface area contributed by atoms with Gasteiger partial charge >= 0.3 is 0 Å². The third kappa shape index (κ3) is 3.57. The highest BCUT2D eigenvalue weighted by Gasteiger charge is 2.23. The number of rotatable bonds is 6. The zero-order valence-corrected chi connectivity index (χ0v) is 14.6. The largest absolute Gasteiger partial charge is 0.454 e. The molecule has 126 valence electrons. The lowest BCUT2D eigenvalue weighted by Crippen LogP contribution is -2.22. The number of carbonyl (C=O) groups excluding carboxylic acids is 1. The number of anilines is 2. The van der Waals surface area contributed by atoms with Crippen molar-refractivity contribution >= 4 is 39.8 Å². The highest BCUT2D eigenvalue weighted by atomic mass is 32.2. The van der Waals surface area contributed by atoms with Gasteiger partial charge in [0.05, 0.1) is 5.25 Å². The molecule has 0 radical (unpaired) electrons. The molecule has 1 aromatic carbocycles. The molecule has 1 aromatic heterocycles. The van der Waals surface area contributed by atoms with Gasteiger partial charge in [-0.2, -0.15) is 0 Å². The molecule has 2 aliphatic rings. The van der Waals surface area contributed by atoms with E-state index < -0.39 is 0 Å². The SMILES string of the molecule is CC(Sc1nnc(NC2CC2)s1)C(=O)Nc1ccc2c(c1)OCO2. The van der Waals surface area contributed by atoms with E-state index in [0.717, 1.165) is 9.47 Å². The smallest absolute Gasteiger partial charge is 0.237 e. The van der Waals surface area contributed by atoms with Gasteiger partial charge in [0, 0.05) is 17.8 Å². The van der Waals surface area contributed by atoms with Crippen molar-refractivity contribution in [1.29, 1.82) is 0 Å². The fourth-order valence-corrected chi connectivity index (χ4v) is 4.11. The van der Waals surface area contributed by atoms with Gasteiger partial charge in [-0.1, -0.05) is 23.1 Å². The molecular formula is C15H16N4O3S2. The molecule has 2 heterocycles. The average Bonchev–Trinajstić information content (AvgIpc) is 3.07. The highest BCUT2D eigenvalue weighted by Crippen LogP contribution is 2.35. The van der Waals surface area contributed by atoms with Gasteiger partial charge in [0.25, 0.3) is 0 Å². The minimum Gasteiger partial charge on any atom is -0.454 e. The standard InChI is InChI=1S/C15H16N4O3S2/c1-8(23-15-19-18-14(24-15)17-9-2-3-9)13(20)16-10-4-5-11-12(6-10)22-7-21-11/h4-6,8-9H,2-3,7H2,1H3,(H,16,20)(H,17,18). The average molecular weight is 364 g/mol. The molecule has 1 saturated carbocycles. The first-order valence-electron chi connectivity index (χ1n) is 7.64. The van der Waals surface area contributed by atoms with Gasteiger partial charge in [-0.3, -0.25) is 4.79 Å². The molecule has 1 amide bonds. The number of thioether (sulfide) groups is 1. The Kier molecular flexibility index (Phi) is 4.19. The van der Waals surface area contributed by atoms with E-state index in [2.05, 4.69) is 20.8 Å². The van der Waals surface area contributed by atoms with E-state index in [1.54, 1.807) is 18.2 Å². The van der Waals surface area contributed by atoms with Crippen LogP contribution in [0.25, 0.3) is 0 Å². The predicted molar refractivity (Wildman–Crippen MR) is 93.1 cm³/mol. The molecule has 1 aliphatic heterocycles. The van der Waals surface area contributed by atoms with Crippen LogP contribution in [0.2, 0.25) is 0 Å². The lowest BCUT2D eigenvalue weighted by atomic mass is 10.2. The summed E-state index contributed by atoms with van der Waals surface area (Å²) >= 11 is 2.88. The van der Waals surface area contributed by atoms with Gasteiger partial charge in [0.1, 0.15) is 0 Å². The summed E-state index contributed by atoms with van der Waals surface area (Å²) in [5, 5.41) is 15.0. The fraction of sp³-hybridized carbons (Fsp3) is 0.400. The van der Waals surface area contributed by atoms with Crippen LogP contribution in [-0.2, 0) is 4.79 Å². The van der Waals surface area contributed by atoms with Crippen LogP contribution in [0.1, 0.15) is 19.8 Å². The third-order valence-corrected chi connectivity index (χ3v) is 5.64. The Bertz CT molecular complexity index is 763. The lowest BCUT2D eigenvalue weighted by molar-refractivity contribution is -0.115. The van der Waals surface area contributed by atoms with Crippen molar-refractivity contribution in [3.05, 3.63) is 18.2 Å². The molecule has 4 rings (SSSR count). The zero-order chi connectivity index (χ0) is 16.5. The van der Waals surface area contributed by atoms with Crippen molar-refractivity contribution in [1.82, 2.24) is 10.2 Å². The quantitative estimate of drug-likeness (QED) is 0.762. The summed E-state index contributed by atoms with van der Waals surface area (Å²) in [6, 6.07) is 5.89. The minimum atomic E-state index is -0.280. The Morgan fingerprint density at radius 1 is 1.33 bits per heavy atom. The van der Waals surface area contributed by atoms with Gasteiger partial charge < -0.3 is 20.1 Å². The fourth-order valence-electron chi connectivity index (χ4n) is 2.14. The van der Waals surface area contributed by atoms with Crippen molar-refractivity contribution in [2.45, 2.75) is 35.4 Å². The summed E-state index contributed by atoms with van der Waals surface area (Å²) in [5.74, 6) is 1.25. The Morgan fingerprint density at radius 3 is 3.00 bits per heavy atom. The van der Waals surface area contributed by atoms with E-state index in [-0.39, 0.29) is 18.0 Å². The molecule has 1 atom stereocenters. The van der Waals surface area contributed by atoms with E-state index in [1.165, 1.54) is 35.9 Å². The highest BCUT2D eigenvalue weighted by molar-refractivity contribution is 8.02. The van der Waals surface area contributed by atoms with Gasteiger partial charge in [0.15, 0.2) is 15.8 Å². The van der Waals surface area contributed by atoms with E-state index in [0.29, 0.717) is 23.2 Å². The number of fused-ring (bicyclic) bond motifs is 1. The van der Waals surface area contributed by atoms with Crippen molar-refractivity contribution in [3.8, 4) is 11.5 Å². The van der Waals surface area contributed by atoms with Gasteiger partial charge in [-0.05, 0) is 31.9 Å². The number of hydrogen-bond acceptors (Lipinski definition) is 8. The summed E-state index contributed by atoms with van der Waals surface area (Å²) in [4.78, 5) is 12.3. The molecule has 1 fully saturated rings. The molecular weight excluding hydrogens is 348 g/mol. The Balaban J connectivity index is 1.34. The maximum atomic E-state index is 12.3. The first kappa shape index (κ1) is 15.5. The molecule has 1 unspecified atom stereocenters. The van der Waals surface area contributed by atoms with Crippen molar-refractivity contribution in [2.24, 2.45) is 0 Å². The zero-order valence-electron chi connectivity index (χ0n) is 12.9. The van der Waals surface area contributed by atoms with Crippen LogP contribution in [0, 0.1) is 0 Å². The number of amides is 1. The number of hydrogen-bond donors (Lipinski definition) is 2. The van der Waals surface area contributed by atoms with E-state index in [1.807, 2.05) is 6.92 Å². The van der Waals surface area contributed by atoms with Crippen LogP contribution >= 0.6 is 23.1 Å². The van der Waals surface area contributed by atoms with Crippen LogP contribution in [-0.4, -0.2) is 34.2 Å². The first-order valence-corrected chi connectivity index (χ1v) is 9.34. The monoisotopic (exact) mass is 364 g/mol. The molecule has 1 aliphatic carbocycles. The van der Waals surface area contributed by atoms with E-state index in [4.69, 9.17) is 9.47 Å². The number of benzene rings is 1. The molecule has 24 heavy (non-hydrogen) atoms. The van der Waals surface area contributed by atoms with Crippen molar-refractivity contribution in [2.75, 3.05) is 17.4 Å². The minimum absolute atomic E-state index is 0.0919. The molecule has 0 saturated heterocycles. The maximum absolute atomic E-state index is 12.3. The Labute approximate surface area is 147 Å². The number of aromatic nitrogens is 2. The van der Waals surface area contributed by atoms with Crippen LogP contribution in [0.15, 0.2) is 22.5 Å². The number of ether oxygens (including phenoxy) is 2. The predicted octanol–water partition coefficient (Wildman–Crippen LogP) is 2.96. The van der Waals surface area contributed by atoms with Crippen molar-refractivity contribution in [3.63, 3.8) is 0 Å².